The quantitative estimate of drug-likeness (QED) is 0.409. The Morgan fingerprint density at radius 2 is 1.81 bits per heavy atom. The van der Waals surface area contributed by atoms with Crippen LogP contribution in [0.5, 0.6) is 11.5 Å². The molecule has 0 saturated carbocycles. The number of thioether (sulfide) groups is 1. The van der Waals surface area contributed by atoms with Crippen LogP contribution >= 0.6 is 11.8 Å². The summed E-state index contributed by atoms with van der Waals surface area (Å²) < 4.78 is 12.5. The van der Waals surface area contributed by atoms with Gasteiger partial charge in [-0.25, -0.2) is 15.0 Å². The Balaban J connectivity index is 1.53. The second kappa shape index (κ2) is 9.65. The summed E-state index contributed by atoms with van der Waals surface area (Å²) in [6.45, 7) is 5.07. The van der Waals surface area contributed by atoms with Crippen LogP contribution in [0.4, 0.5) is 0 Å². The van der Waals surface area contributed by atoms with Crippen molar-refractivity contribution in [1.29, 1.82) is 0 Å². The van der Waals surface area contributed by atoms with Crippen molar-refractivity contribution in [2.45, 2.75) is 38.0 Å². The van der Waals surface area contributed by atoms with E-state index in [4.69, 9.17) is 14.5 Å². The van der Waals surface area contributed by atoms with Crippen molar-refractivity contribution in [3.05, 3.63) is 46.3 Å². The summed E-state index contributed by atoms with van der Waals surface area (Å²) in [5.41, 5.74) is 1.67. The number of hydrogen-bond donors (Lipinski definition) is 0. The predicted molar refractivity (Wildman–Crippen MR) is 121 cm³/mol. The van der Waals surface area contributed by atoms with Gasteiger partial charge in [0.25, 0.3) is 5.56 Å². The number of hydrogen-bond acceptors (Lipinski definition) is 8. The second-order valence-corrected chi connectivity index (χ2v) is 8.52. The SMILES string of the molecule is CCCSc1ncc(CN2CCc3nc4cc(OC)c(OC)cc4c(=O)n3CC2)cn1. The number of fused-ring (bicyclic) bond motifs is 2. The van der Waals surface area contributed by atoms with E-state index in [1.807, 2.05) is 12.4 Å². The highest BCUT2D eigenvalue weighted by atomic mass is 32.2. The molecule has 1 aliphatic heterocycles. The number of methoxy groups -OCH3 is 2. The number of benzene rings is 1. The molecule has 0 radical (unpaired) electrons. The summed E-state index contributed by atoms with van der Waals surface area (Å²) in [6, 6.07) is 3.49. The fourth-order valence-electron chi connectivity index (χ4n) is 3.74. The van der Waals surface area contributed by atoms with Crippen LogP contribution in [0.25, 0.3) is 10.9 Å². The molecular formula is C22H27N5O3S. The second-order valence-electron chi connectivity index (χ2n) is 7.46. The van der Waals surface area contributed by atoms with Gasteiger partial charge in [0, 0.05) is 62.4 Å². The van der Waals surface area contributed by atoms with Crippen molar-refractivity contribution < 1.29 is 9.47 Å². The fraction of sp³-hybridized carbons (Fsp3) is 0.455. The Morgan fingerprint density at radius 3 is 2.52 bits per heavy atom. The summed E-state index contributed by atoms with van der Waals surface area (Å²) in [6.07, 6.45) is 5.61. The van der Waals surface area contributed by atoms with E-state index in [1.165, 1.54) is 0 Å². The zero-order valence-corrected chi connectivity index (χ0v) is 18.9. The van der Waals surface area contributed by atoms with Crippen LogP contribution < -0.4 is 15.0 Å². The van der Waals surface area contributed by atoms with Gasteiger partial charge in [-0.2, -0.15) is 0 Å². The molecule has 1 aliphatic rings. The van der Waals surface area contributed by atoms with Gasteiger partial charge in [0.05, 0.1) is 25.1 Å². The third-order valence-corrected chi connectivity index (χ3v) is 6.43. The van der Waals surface area contributed by atoms with Crippen LogP contribution in [0.15, 0.2) is 34.5 Å². The Labute approximate surface area is 185 Å². The molecule has 0 atom stereocenters. The van der Waals surface area contributed by atoms with Gasteiger partial charge in [-0.05, 0) is 12.5 Å². The van der Waals surface area contributed by atoms with Crippen LogP contribution in [0, 0.1) is 0 Å². The maximum absolute atomic E-state index is 13.2. The number of nitrogens with zero attached hydrogens (tertiary/aromatic N) is 5. The van der Waals surface area contributed by atoms with E-state index in [0.29, 0.717) is 35.4 Å². The highest BCUT2D eigenvalue weighted by Crippen LogP contribution is 2.30. The summed E-state index contributed by atoms with van der Waals surface area (Å²) >= 11 is 1.68. The van der Waals surface area contributed by atoms with Gasteiger partial charge < -0.3 is 9.47 Å². The zero-order chi connectivity index (χ0) is 21.8. The van der Waals surface area contributed by atoms with Gasteiger partial charge in [0.15, 0.2) is 16.7 Å². The van der Waals surface area contributed by atoms with Gasteiger partial charge in [0.1, 0.15) is 5.82 Å². The molecule has 9 heteroatoms. The summed E-state index contributed by atoms with van der Waals surface area (Å²) in [7, 11) is 3.14. The molecule has 0 bridgehead atoms. The molecule has 0 unspecified atom stereocenters. The largest absolute Gasteiger partial charge is 0.493 e. The van der Waals surface area contributed by atoms with E-state index in [1.54, 1.807) is 42.7 Å². The van der Waals surface area contributed by atoms with Crippen LogP contribution in [-0.2, 0) is 19.5 Å². The number of aromatic nitrogens is 4. The molecule has 4 rings (SSSR count). The first-order valence-corrected chi connectivity index (χ1v) is 11.4. The Morgan fingerprint density at radius 1 is 1.06 bits per heavy atom. The zero-order valence-electron chi connectivity index (χ0n) is 18.1. The van der Waals surface area contributed by atoms with E-state index < -0.39 is 0 Å². The molecule has 2 aromatic heterocycles. The van der Waals surface area contributed by atoms with Gasteiger partial charge in [-0.1, -0.05) is 18.7 Å². The minimum Gasteiger partial charge on any atom is -0.493 e. The average Bonchev–Trinajstić information content (AvgIpc) is 3.00. The van der Waals surface area contributed by atoms with Crippen molar-refractivity contribution in [3.8, 4) is 11.5 Å². The third kappa shape index (κ3) is 4.67. The molecule has 0 aliphatic carbocycles. The van der Waals surface area contributed by atoms with Gasteiger partial charge in [0.2, 0.25) is 0 Å². The van der Waals surface area contributed by atoms with Crippen molar-refractivity contribution in [2.75, 3.05) is 33.1 Å². The summed E-state index contributed by atoms with van der Waals surface area (Å²) in [5.74, 6) is 2.93. The molecule has 164 valence electrons. The highest BCUT2D eigenvalue weighted by molar-refractivity contribution is 7.99. The molecule has 0 saturated heterocycles. The van der Waals surface area contributed by atoms with Gasteiger partial charge in [-0.15, -0.1) is 0 Å². The van der Waals surface area contributed by atoms with Gasteiger partial charge in [-0.3, -0.25) is 14.3 Å². The van der Waals surface area contributed by atoms with Crippen LogP contribution in [0.2, 0.25) is 0 Å². The summed E-state index contributed by atoms with van der Waals surface area (Å²) in [4.78, 5) is 29.2. The lowest BCUT2D eigenvalue weighted by molar-refractivity contribution is 0.270. The standard InChI is InChI=1S/C22H27N5O3S/c1-4-9-31-22-23-12-15(13-24-22)14-26-6-5-20-25-17-11-19(30-3)18(29-2)10-16(17)21(28)27(20)8-7-26/h10-13H,4-9,14H2,1-3H3. The van der Waals surface area contributed by atoms with E-state index in [9.17, 15) is 4.79 Å². The lowest BCUT2D eigenvalue weighted by atomic mass is 10.2. The number of rotatable bonds is 7. The molecule has 0 amide bonds. The lowest BCUT2D eigenvalue weighted by Gasteiger charge is -2.18. The molecule has 1 aromatic carbocycles. The fourth-order valence-corrected chi connectivity index (χ4v) is 4.38. The topological polar surface area (TPSA) is 82.4 Å². The maximum Gasteiger partial charge on any atom is 0.261 e. The minimum absolute atomic E-state index is 0.0385. The van der Waals surface area contributed by atoms with E-state index in [2.05, 4.69) is 21.8 Å². The predicted octanol–water partition coefficient (Wildman–Crippen LogP) is 2.76. The molecule has 3 heterocycles. The Kier molecular flexibility index (Phi) is 6.72. The molecular weight excluding hydrogens is 414 g/mol. The average molecular weight is 442 g/mol. The normalized spacial score (nSPS) is 14.3. The van der Waals surface area contributed by atoms with Gasteiger partial charge >= 0.3 is 0 Å². The summed E-state index contributed by atoms with van der Waals surface area (Å²) in [5, 5.41) is 1.37. The first kappa shape index (κ1) is 21.6. The molecule has 8 nitrogen and oxygen atoms in total. The van der Waals surface area contributed by atoms with Crippen LogP contribution in [0.1, 0.15) is 24.7 Å². The lowest BCUT2D eigenvalue weighted by Crippen LogP contribution is -2.28. The van der Waals surface area contributed by atoms with E-state index >= 15 is 0 Å². The van der Waals surface area contributed by atoms with E-state index in [0.717, 1.165) is 48.4 Å². The Hall–Kier alpha value is -2.65. The maximum atomic E-state index is 13.2. The van der Waals surface area contributed by atoms with Crippen molar-refractivity contribution in [1.82, 2.24) is 24.4 Å². The van der Waals surface area contributed by atoms with Crippen molar-refractivity contribution >= 4 is 22.7 Å². The molecule has 0 N–H and O–H groups in total. The monoisotopic (exact) mass is 441 g/mol. The number of ether oxygens (including phenoxy) is 2. The highest BCUT2D eigenvalue weighted by Gasteiger charge is 2.19. The van der Waals surface area contributed by atoms with Crippen molar-refractivity contribution in [2.24, 2.45) is 0 Å². The van der Waals surface area contributed by atoms with Crippen LogP contribution in [-0.4, -0.2) is 57.5 Å². The first-order chi connectivity index (χ1) is 15.1. The van der Waals surface area contributed by atoms with E-state index in [-0.39, 0.29) is 5.56 Å². The van der Waals surface area contributed by atoms with Crippen LogP contribution in [0.3, 0.4) is 0 Å². The molecule has 31 heavy (non-hydrogen) atoms. The Bertz CT molecular complexity index is 1120. The first-order valence-electron chi connectivity index (χ1n) is 10.4. The molecule has 0 fully saturated rings. The smallest absolute Gasteiger partial charge is 0.261 e. The minimum atomic E-state index is -0.0385. The third-order valence-electron chi connectivity index (χ3n) is 5.35. The van der Waals surface area contributed by atoms with Crippen molar-refractivity contribution in [3.63, 3.8) is 0 Å². The molecule has 0 spiro atoms. The molecule has 3 aromatic rings.